The lowest BCUT2D eigenvalue weighted by Gasteiger charge is -2.00. The zero-order chi connectivity index (χ0) is 12.3. The van der Waals surface area contributed by atoms with Crippen molar-refractivity contribution in [2.24, 2.45) is 0 Å². The summed E-state index contributed by atoms with van der Waals surface area (Å²) in [6.45, 7) is 4.14. The summed E-state index contributed by atoms with van der Waals surface area (Å²) in [5.41, 5.74) is 1.19. The summed E-state index contributed by atoms with van der Waals surface area (Å²) in [5.74, 6) is 1.76. The van der Waals surface area contributed by atoms with Gasteiger partial charge < -0.3 is 9.73 Å². The highest BCUT2D eigenvalue weighted by Gasteiger charge is 2.06. The number of nitrogens with zero attached hydrogens (tertiary/aromatic N) is 4. The molecule has 2 rings (SSSR count). The van der Waals surface area contributed by atoms with Crippen LogP contribution in [0.1, 0.15) is 23.0 Å². The monoisotopic (exact) mass is 229 g/mol. The molecule has 86 valence electrons. The molecule has 0 fully saturated rings. The van der Waals surface area contributed by atoms with Crippen molar-refractivity contribution in [2.45, 2.75) is 20.4 Å². The first-order valence-corrected chi connectivity index (χ1v) is 5.09. The van der Waals surface area contributed by atoms with Crippen LogP contribution in [0.5, 0.6) is 0 Å². The van der Waals surface area contributed by atoms with Gasteiger partial charge in [0, 0.05) is 6.20 Å². The Morgan fingerprint density at radius 2 is 2.24 bits per heavy atom. The van der Waals surface area contributed by atoms with Gasteiger partial charge in [0.15, 0.2) is 0 Å². The summed E-state index contributed by atoms with van der Waals surface area (Å²) in [6, 6.07) is 3.49. The number of oxazole rings is 1. The number of nitrogens with one attached hydrogen (secondary N) is 1. The number of anilines is 1. The molecule has 1 N–H and O–H groups in total. The van der Waals surface area contributed by atoms with E-state index < -0.39 is 0 Å². The maximum absolute atomic E-state index is 8.69. The van der Waals surface area contributed by atoms with Crippen molar-refractivity contribution in [3.63, 3.8) is 0 Å². The van der Waals surface area contributed by atoms with Gasteiger partial charge in [-0.25, -0.2) is 15.0 Å². The number of hydrogen-bond acceptors (Lipinski definition) is 6. The zero-order valence-corrected chi connectivity index (χ0v) is 9.56. The summed E-state index contributed by atoms with van der Waals surface area (Å²) in [4.78, 5) is 12.2. The zero-order valence-electron chi connectivity index (χ0n) is 9.56. The highest BCUT2D eigenvalue weighted by Crippen LogP contribution is 2.09. The van der Waals surface area contributed by atoms with Crippen LogP contribution in [-0.4, -0.2) is 15.0 Å². The molecule has 0 aromatic carbocycles. The Balaban J connectivity index is 2.05. The minimum atomic E-state index is 0.322. The van der Waals surface area contributed by atoms with Crippen LogP contribution in [0.2, 0.25) is 0 Å². The van der Waals surface area contributed by atoms with Crippen LogP contribution in [-0.2, 0) is 6.54 Å². The maximum atomic E-state index is 8.69. The highest BCUT2D eigenvalue weighted by molar-refractivity contribution is 5.30. The molecule has 0 bridgehead atoms. The fourth-order valence-electron chi connectivity index (χ4n) is 1.28. The molecule has 2 aromatic rings. The molecule has 0 aliphatic rings. The van der Waals surface area contributed by atoms with Crippen LogP contribution < -0.4 is 5.32 Å². The lowest BCUT2D eigenvalue weighted by Crippen LogP contribution is -2.04. The van der Waals surface area contributed by atoms with Crippen molar-refractivity contribution in [1.82, 2.24) is 15.0 Å². The summed E-state index contributed by atoms with van der Waals surface area (Å²) in [6.07, 6.45) is 1.53. The Labute approximate surface area is 98.3 Å². The molecular formula is C11H11N5O. The van der Waals surface area contributed by atoms with E-state index in [9.17, 15) is 0 Å². The van der Waals surface area contributed by atoms with Crippen molar-refractivity contribution in [3.8, 4) is 6.07 Å². The molecule has 2 heterocycles. The molecule has 0 saturated heterocycles. The summed E-state index contributed by atoms with van der Waals surface area (Å²) in [5, 5.41) is 11.6. The second-order valence-corrected chi connectivity index (χ2v) is 3.48. The fourth-order valence-corrected chi connectivity index (χ4v) is 1.28. The Morgan fingerprint density at radius 3 is 2.88 bits per heavy atom. The first kappa shape index (κ1) is 11.1. The third-order valence-electron chi connectivity index (χ3n) is 2.24. The average Bonchev–Trinajstić information content (AvgIpc) is 2.67. The van der Waals surface area contributed by atoms with Crippen molar-refractivity contribution in [3.05, 3.63) is 35.3 Å². The van der Waals surface area contributed by atoms with E-state index in [1.807, 2.05) is 19.9 Å². The van der Waals surface area contributed by atoms with Crippen molar-refractivity contribution >= 4 is 5.95 Å². The summed E-state index contributed by atoms with van der Waals surface area (Å²) in [7, 11) is 0. The van der Waals surface area contributed by atoms with Crippen LogP contribution in [0.25, 0.3) is 0 Å². The minimum Gasteiger partial charge on any atom is -0.444 e. The molecule has 0 saturated carbocycles. The third-order valence-corrected chi connectivity index (χ3v) is 2.24. The molecule has 0 unspecified atom stereocenters. The number of aryl methyl sites for hydroxylation is 2. The normalized spacial score (nSPS) is 9.94. The summed E-state index contributed by atoms with van der Waals surface area (Å²) >= 11 is 0. The van der Waals surface area contributed by atoms with Gasteiger partial charge in [-0.3, -0.25) is 0 Å². The van der Waals surface area contributed by atoms with Crippen LogP contribution in [0.4, 0.5) is 5.95 Å². The lowest BCUT2D eigenvalue weighted by atomic mass is 10.4. The highest BCUT2D eigenvalue weighted by atomic mass is 16.4. The van der Waals surface area contributed by atoms with Gasteiger partial charge in [0.1, 0.15) is 17.5 Å². The van der Waals surface area contributed by atoms with E-state index >= 15 is 0 Å². The fraction of sp³-hybridized carbons (Fsp3) is 0.273. The van der Waals surface area contributed by atoms with Crippen LogP contribution in [0.3, 0.4) is 0 Å². The van der Waals surface area contributed by atoms with E-state index in [1.54, 1.807) is 6.07 Å². The number of hydrogen-bond donors (Lipinski definition) is 1. The maximum Gasteiger partial charge on any atom is 0.224 e. The van der Waals surface area contributed by atoms with Gasteiger partial charge in [-0.1, -0.05) is 0 Å². The molecule has 6 nitrogen and oxygen atoms in total. The van der Waals surface area contributed by atoms with Gasteiger partial charge in [-0.15, -0.1) is 0 Å². The van der Waals surface area contributed by atoms with E-state index in [4.69, 9.17) is 9.68 Å². The van der Waals surface area contributed by atoms with Gasteiger partial charge in [-0.2, -0.15) is 5.26 Å². The number of aromatic nitrogens is 3. The molecule has 0 radical (unpaired) electrons. The average molecular weight is 229 g/mol. The molecule has 2 aromatic heterocycles. The predicted octanol–water partition coefficient (Wildman–Crippen LogP) is 1.57. The Hall–Kier alpha value is -2.42. The first-order valence-electron chi connectivity index (χ1n) is 5.09. The third kappa shape index (κ3) is 2.58. The smallest absolute Gasteiger partial charge is 0.224 e. The quantitative estimate of drug-likeness (QED) is 0.859. The molecule has 17 heavy (non-hydrogen) atoms. The van der Waals surface area contributed by atoms with Crippen LogP contribution in [0, 0.1) is 25.2 Å². The van der Waals surface area contributed by atoms with Crippen molar-refractivity contribution in [1.29, 1.82) is 5.26 Å². The van der Waals surface area contributed by atoms with Crippen molar-refractivity contribution in [2.75, 3.05) is 5.32 Å². The lowest BCUT2D eigenvalue weighted by molar-refractivity contribution is 0.478. The van der Waals surface area contributed by atoms with E-state index in [1.165, 1.54) is 6.20 Å². The Morgan fingerprint density at radius 1 is 1.41 bits per heavy atom. The van der Waals surface area contributed by atoms with Crippen LogP contribution in [0.15, 0.2) is 16.7 Å². The second-order valence-electron chi connectivity index (χ2n) is 3.48. The van der Waals surface area contributed by atoms with E-state index in [0.717, 1.165) is 11.5 Å². The van der Waals surface area contributed by atoms with Gasteiger partial charge >= 0.3 is 0 Å². The minimum absolute atomic E-state index is 0.322. The van der Waals surface area contributed by atoms with E-state index in [2.05, 4.69) is 20.3 Å². The standard InChI is InChI=1S/C11H11N5O/c1-7-8(2)17-10(15-7)6-14-11-13-4-3-9(5-12)16-11/h3-4H,6H2,1-2H3,(H,13,14,16). The Bertz CT molecular complexity index is 550. The largest absolute Gasteiger partial charge is 0.444 e. The molecule has 0 aliphatic carbocycles. The van der Waals surface area contributed by atoms with Gasteiger partial charge in [0.2, 0.25) is 11.8 Å². The molecule has 0 amide bonds. The van der Waals surface area contributed by atoms with E-state index in [0.29, 0.717) is 24.1 Å². The van der Waals surface area contributed by atoms with Gasteiger partial charge in [0.25, 0.3) is 0 Å². The topological polar surface area (TPSA) is 87.6 Å². The molecule has 0 spiro atoms. The predicted molar refractivity (Wildman–Crippen MR) is 60.1 cm³/mol. The van der Waals surface area contributed by atoms with E-state index in [-0.39, 0.29) is 0 Å². The molecule has 6 heteroatoms. The van der Waals surface area contributed by atoms with Crippen LogP contribution >= 0.6 is 0 Å². The number of nitriles is 1. The summed E-state index contributed by atoms with van der Waals surface area (Å²) < 4.78 is 5.40. The second kappa shape index (κ2) is 4.61. The molecule has 0 atom stereocenters. The number of rotatable bonds is 3. The first-order chi connectivity index (χ1) is 8.19. The Kier molecular flexibility index (Phi) is 3.01. The molecule has 0 aliphatic heterocycles. The van der Waals surface area contributed by atoms with Crippen molar-refractivity contribution < 1.29 is 4.42 Å². The van der Waals surface area contributed by atoms with Gasteiger partial charge in [0.05, 0.1) is 12.2 Å². The van der Waals surface area contributed by atoms with Gasteiger partial charge in [-0.05, 0) is 19.9 Å². The SMILES string of the molecule is Cc1nc(CNc2nccc(C#N)n2)oc1C. The molecular weight excluding hydrogens is 218 g/mol.